The van der Waals surface area contributed by atoms with Crippen LogP contribution >= 0.6 is 0 Å². The highest BCUT2D eigenvalue weighted by Gasteiger charge is 2.51. The van der Waals surface area contributed by atoms with Crippen molar-refractivity contribution in [1.82, 2.24) is 10.6 Å². The lowest BCUT2D eigenvalue weighted by molar-refractivity contribution is -0.137. The van der Waals surface area contributed by atoms with Crippen molar-refractivity contribution in [2.75, 3.05) is 6.54 Å². The number of carbonyl (C=O) groups is 2. The van der Waals surface area contributed by atoms with Gasteiger partial charge in [-0.1, -0.05) is 12.1 Å². The summed E-state index contributed by atoms with van der Waals surface area (Å²) in [7, 11) is 0. The molecular weight excluding hydrogens is 309 g/mol. The smallest absolute Gasteiger partial charge is 0.354 e. The molecule has 1 heterocycles. The standard InChI is InChI=1S/C16H17F3N2O2/c17-16(18,19)11-3-1-10(2-4-11)15(7-8-15)14(23)21-12-5-6-13(22)20-9-12/h1-4,12H,5-9H2,(H,20,22)(H,21,23)/t12-/m1/s1. The maximum Gasteiger partial charge on any atom is 0.416 e. The minimum Gasteiger partial charge on any atom is -0.354 e. The van der Waals surface area contributed by atoms with Gasteiger partial charge >= 0.3 is 6.18 Å². The molecule has 1 aromatic rings. The number of halogens is 3. The van der Waals surface area contributed by atoms with Gasteiger partial charge in [0, 0.05) is 19.0 Å². The first-order valence-corrected chi connectivity index (χ1v) is 7.57. The summed E-state index contributed by atoms with van der Waals surface area (Å²) in [5, 5.41) is 5.60. The van der Waals surface area contributed by atoms with Crippen LogP contribution in [0, 0.1) is 0 Å². The normalized spacial score (nSPS) is 23.1. The molecule has 1 aliphatic carbocycles. The van der Waals surface area contributed by atoms with Gasteiger partial charge in [-0.25, -0.2) is 0 Å². The van der Waals surface area contributed by atoms with Crippen LogP contribution in [0.3, 0.4) is 0 Å². The van der Waals surface area contributed by atoms with Gasteiger partial charge in [0.15, 0.2) is 0 Å². The second kappa shape index (κ2) is 5.54. The van der Waals surface area contributed by atoms with E-state index in [4.69, 9.17) is 0 Å². The van der Waals surface area contributed by atoms with Crippen molar-refractivity contribution < 1.29 is 22.8 Å². The first-order valence-electron chi connectivity index (χ1n) is 7.57. The monoisotopic (exact) mass is 326 g/mol. The van der Waals surface area contributed by atoms with Crippen molar-refractivity contribution in [1.29, 1.82) is 0 Å². The Morgan fingerprint density at radius 2 is 1.87 bits per heavy atom. The van der Waals surface area contributed by atoms with E-state index in [9.17, 15) is 22.8 Å². The van der Waals surface area contributed by atoms with Crippen LogP contribution in [0.2, 0.25) is 0 Å². The molecule has 0 radical (unpaired) electrons. The molecule has 2 amide bonds. The quantitative estimate of drug-likeness (QED) is 0.894. The summed E-state index contributed by atoms with van der Waals surface area (Å²) >= 11 is 0. The summed E-state index contributed by atoms with van der Waals surface area (Å²) in [5.74, 6) is -0.196. The molecule has 1 atom stereocenters. The van der Waals surface area contributed by atoms with Crippen LogP contribution in [0.5, 0.6) is 0 Å². The predicted octanol–water partition coefficient (Wildman–Crippen LogP) is 2.13. The van der Waals surface area contributed by atoms with E-state index in [1.165, 1.54) is 12.1 Å². The Balaban J connectivity index is 1.69. The van der Waals surface area contributed by atoms with Crippen LogP contribution in [-0.4, -0.2) is 24.4 Å². The molecule has 1 aliphatic heterocycles. The fourth-order valence-corrected chi connectivity index (χ4v) is 2.93. The van der Waals surface area contributed by atoms with Crippen LogP contribution in [0.15, 0.2) is 24.3 Å². The van der Waals surface area contributed by atoms with Crippen LogP contribution in [0.1, 0.15) is 36.8 Å². The molecule has 3 rings (SSSR count). The van der Waals surface area contributed by atoms with Crippen molar-refractivity contribution in [3.8, 4) is 0 Å². The number of rotatable bonds is 3. The van der Waals surface area contributed by atoms with E-state index in [2.05, 4.69) is 10.6 Å². The Morgan fingerprint density at radius 3 is 2.35 bits per heavy atom. The van der Waals surface area contributed by atoms with Crippen LogP contribution in [-0.2, 0) is 21.2 Å². The lowest BCUT2D eigenvalue weighted by Gasteiger charge is -2.26. The molecule has 1 saturated carbocycles. The van der Waals surface area contributed by atoms with Gasteiger partial charge < -0.3 is 10.6 Å². The maximum absolute atomic E-state index is 12.6. The summed E-state index contributed by atoms with van der Waals surface area (Å²) in [4.78, 5) is 23.6. The minimum absolute atomic E-state index is 0.0284. The Kier molecular flexibility index (Phi) is 3.82. The lowest BCUT2D eigenvalue weighted by atomic mass is 9.93. The molecule has 4 nitrogen and oxygen atoms in total. The summed E-state index contributed by atoms with van der Waals surface area (Å²) in [6.07, 6.45) is -2.16. The van der Waals surface area contributed by atoms with Crippen molar-refractivity contribution in [2.45, 2.75) is 43.3 Å². The van der Waals surface area contributed by atoms with Gasteiger partial charge in [-0.2, -0.15) is 13.2 Å². The molecule has 124 valence electrons. The van der Waals surface area contributed by atoms with Crippen molar-refractivity contribution in [2.24, 2.45) is 0 Å². The van der Waals surface area contributed by atoms with E-state index in [1.54, 1.807) is 0 Å². The molecule has 2 aliphatic rings. The van der Waals surface area contributed by atoms with E-state index in [0.717, 1.165) is 12.1 Å². The molecule has 7 heteroatoms. The fraction of sp³-hybridized carbons (Fsp3) is 0.500. The third-order valence-electron chi connectivity index (χ3n) is 4.55. The highest BCUT2D eigenvalue weighted by atomic mass is 19.4. The van der Waals surface area contributed by atoms with E-state index in [1.807, 2.05) is 0 Å². The van der Waals surface area contributed by atoms with Gasteiger partial charge in [-0.05, 0) is 37.0 Å². The second-order valence-electron chi connectivity index (χ2n) is 6.17. The Hall–Kier alpha value is -2.05. The van der Waals surface area contributed by atoms with Gasteiger partial charge in [-0.3, -0.25) is 9.59 Å². The Bertz CT molecular complexity index is 611. The zero-order chi connectivity index (χ0) is 16.7. The van der Waals surface area contributed by atoms with Gasteiger partial charge in [0.1, 0.15) is 0 Å². The summed E-state index contributed by atoms with van der Waals surface area (Å²) in [6, 6.07) is 4.69. The second-order valence-corrected chi connectivity index (χ2v) is 6.17. The zero-order valence-corrected chi connectivity index (χ0v) is 12.4. The molecule has 23 heavy (non-hydrogen) atoms. The number of piperidine rings is 1. The number of alkyl halides is 3. The third-order valence-corrected chi connectivity index (χ3v) is 4.55. The Morgan fingerprint density at radius 1 is 1.22 bits per heavy atom. The number of hydrogen-bond acceptors (Lipinski definition) is 2. The molecular formula is C16H17F3N2O2. The van der Waals surface area contributed by atoms with Crippen LogP contribution in [0.25, 0.3) is 0 Å². The van der Waals surface area contributed by atoms with Gasteiger partial charge in [-0.15, -0.1) is 0 Å². The predicted molar refractivity (Wildman–Crippen MR) is 76.5 cm³/mol. The fourth-order valence-electron chi connectivity index (χ4n) is 2.93. The van der Waals surface area contributed by atoms with E-state index in [-0.39, 0.29) is 17.9 Å². The van der Waals surface area contributed by atoms with Crippen molar-refractivity contribution >= 4 is 11.8 Å². The maximum atomic E-state index is 12.6. The SMILES string of the molecule is O=C1CC[C@@H](NC(=O)C2(c3ccc(C(F)(F)F)cc3)CC2)CN1. The molecule has 2 fully saturated rings. The average molecular weight is 326 g/mol. The van der Waals surface area contributed by atoms with Crippen LogP contribution < -0.4 is 10.6 Å². The average Bonchev–Trinajstić information content (AvgIpc) is 3.31. The lowest BCUT2D eigenvalue weighted by Crippen LogP contribution is -2.50. The summed E-state index contributed by atoms with van der Waals surface area (Å²) in [5.41, 5.74) is -0.818. The largest absolute Gasteiger partial charge is 0.416 e. The first kappa shape index (κ1) is 15.8. The van der Waals surface area contributed by atoms with Crippen molar-refractivity contribution in [3.05, 3.63) is 35.4 Å². The summed E-state index contributed by atoms with van der Waals surface area (Å²) < 4.78 is 37.9. The summed E-state index contributed by atoms with van der Waals surface area (Å²) in [6.45, 7) is 0.396. The van der Waals surface area contributed by atoms with E-state index >= 15 is 0 Å². The first-order chi connectivity index (χ1) is 10.8. The molecule has 1 aromatic carbocycles. The molecule has 0 aromatic heterocycles. The van der Waals surface area contributed by atoms with Gasteiger partial charge in [0.2, 0.25) is 11.8 Å². The molecule has 0 unspecified atom stereocenters. The highest BCUT2D eigenvalue weighted by Crippen LogP contribution is 2.49. The van der Waals surface area contributed by atoms with E-state index in [0.29, 0.717) is 37.8 Å². The molecule has 1 saturated heterocycles. The minimum atomic E-state index is -4.38. The van der Waals surface area contributed by atoms with Gasteiger partial charge in [0.05, 0.1) is 11.0 Å². The number of nitrogens with one attached hydrogen (secondary N) is 2. The zero-order valence-electron chi connectivity index (χ0n) is 12.4. The number of benzene rings is 1. The number of amides is 2. The van der Waals surface area contributed by atoms with Crippen LogP contribution in [0.4, 0.5) is 13.2 Å². The number of hydrogen-bond donors (Lipinski definition) is 2. The highest BCUT2D eigenvalue weighted by molar-refractivity contribution is 5.91. The Labute approximate surface area is 131 Å². The molecule has 0 bridgehead atoms. The van der Waals surface area contributed by atoms with E-state index < -0.39 is 17.2 Å². The third kappa shape index (κ3) is 3.18. The number of carbonyl (C=O) groups excluding carboxylic acids is 2. The van der Waals surface area contributed by atoms with Crippen molar-refractivity contribution in [3.63, 3.8) is 0 Å². The van der Waals surface area contributed by atoms with Gasteiger partial charge in [0.25, 0.3) is 0 Å². The molecule has 0 spiro atoms. The molecule has 2 N–H and O–H groups in total. The topological polar surface area (TPSA) is 58.2 Å².